The van der Waals surface area contributed by atoms with Crippen molar-refractivity contribution in [3.63, 3.8) is 0 Å². The normalized spacial score (nSPS) is 11.6. The first-order valence-corrected chi connectivity index (χ1v) is 9.90. The summed E-state index contributed by atoms with van der Waals surface area (Å²) in [5.74, 6) is 1.10. The standard InChI is InChI=1S/C22H31N5O.ClH/c1-2-3-4-5-6-10-17-28-20-15-13-19(14-16-20)26-22(24)27-21(23)25-18-11-8-7-9-12-18;/h7-9,11-16H,2-6,10,17H2,1H3,(H5,23,24,25,26,27);1H. The van der Waals surface area contributed by atoms with Gasteiger partial charge in [-0.3, -0.25) is 0 Å². The van der Waals surface area contributed by atoms with E-state index in [1.165, 1.54) is 32.1 Å². The van der Waals surface area contributed by atoms with E-state index in [9.17, 15) is 0 Å². The third-order valence-electron chi connectivity index (χ3n) is 4.13. The molecule has 2 aromatic carbocycles. The number of benzene rings is 2. The molecule has 0 unspecified atom stereocenters. The number of nitrogens with one attached hydrogen (secondary N) is 1. The maximum absolute atomic E-state index is 5.86. The van der Waals surface area contributed by atoms with Gasteiger partial charge < -0.3 is 21.5 Å². The van der Waals surface area contributed by atoms with Crippen molar-refractivity contribution in [1.29, 1.82) is 0 Å². The predicted octanol–water partition coefficient (Wildman–Crippen LogP) is 5.22. The van der Waals surface area contributed by atoms with Gasteiger partial charge in [0.2, 0.25) is 11.9 Å². The molecule has 2 rings (SSSR count). The highest BCUT2D eigenvalue weighted by Gasteiger charge is 1.99. The summed E-state index contributed by atoms with van der Waals surface area (Å²) in [4.78, 5) is 8.31. The molecule has 0 saturated heterocycles. The van der Waals surface area contributed by atoms with Crippen molar-refractivity contribution in [2.45, 2.75) is 45.4 Å². The highest BCUT2D eigenvalue weighted by molar-refractivity contribution is 6.01. The molecule has 0 heterocycles. The summed E-state index contributed by atoms with van der Waals surface area (Å²) in [5, 5.41) is 2.96. The second-order valence-corrected chi connectivity index (χ2v) is 6.57. The Bertz CT molecular complexity index is 748. The van der Waals surface area contributed by atoms with Crippen LogP contribution in [0.4, 0.5) is 11.4 Å². The van der Waals surface area contributed by atoms with E-state index in [4.69, 9.17) is 16.2 Å². The van der Waals surface area contributed by atoms with Crippen LogP contribution in [0.2, 0.25) is 0 Å². The zero-order chi connectivity index (χ0) is 20.0. The summed E-state index contributed by atoms with van der Waals surface area (Å²) in [6, 6.07) is 17.0. The van der Waals surface area contributed by atoms with Crippen molar-refractivity contribution in [2.75, 3.05) is 11.9 Å². The van der Waals surface area contributed by atoms with E-state index >= 15 is 0 Å². The second kappa shape index (κ2) is 14.3. The lowest BCUT2D eigenvalue weighted by Gasteiger charge is -2.06. The topological polar surface area (TPSA) is 98.0 Å². The summed E-state index contributed by atoms with van der Waals surface area (Å²) in [5.41, 5.74) is 13.2. The smallest absolute Gasteiger partial charge is 0.223 e. The van der Waals surface area contributed by atoms with Crippen LogP contribution in [0.5, 0.6) is 5.75 Å². The molecule has 5 N–H and O–H groups in total. The fraction of sp³-hybridized carbons (Fsp3) is 0.364. The number of hydrogen-bond acceptors (Lipinski definition) is 2. The van der Waals surface area contributed by atoms with Crippen LogP contribution in [0.3, 0.4) is 0 Å². The van der Waals surface area contributed by atoms with Gasteiger partial charge in [0.15, 0.2) is 0 Å². The quantitative estimate of drug-likeness (QED) is 0.280. The minimum absolute atomic E-state index is 0. The van der Waals surface area contributed by atoms with Gasteiger partial charge in [0.1, 0.15) is 5.75 Å². The molecule has 0 aliphatic carbocycles. The summed E-state index contributed by atoms with van der Waals surface area (Å²) in [6.07, 6.45) is 7.50. The Morgan fingerprint density at radius 2 is 1.55 bits per heavy atom. The van der Waals surface area contributed by atoms with Crippen molar-refractivity contribution in [3.05, 3.63) is 54.6 Å². The number of nitrogens with zero attached hydrogens (tertiary/aromatic N) is 2. The summed E-state index contributed by atoms with van der Waals surface area (Å²) in [7, 11) is 0. The molecule has 0 aliphatic heterocycles. The lowest BCUT2D eigenvalue weighted by Crippen LogP contribution is -2.25. The van der Waals surface area contributed by atoms with Crippen molar-refractivity contribution in [2.24, 2.45) is 21.5 Å². The molecule has 29 heavy (non-hydrogen) atoms. The molecule has 0 atom stereocenters. The zero-order valence-electron chi connectivity index (χ0n) is 17.0. The Labute approximate surface area is 179 Å². The number of rotatable bonds is 10. The minimum atomic E-state index is 0. The van der Waals surface area contributed by atoms with Crippen LogP contribution in [-0.2, 0) is 0 Å². The van der Waals surface area contributed by atoms with Gasteiger partial charge in [-0.05, 0) is 42.8 Å². The van der Waals surface area contributed by atoms with Crippen molar-refractivity contribution >= 4 is 35.7 Å². The largest absolute Gasteiger partial charge is 0.494 e. The van der Waals surface area contributed by atoms with E-state index in [2.05, 4.69) is 22.2 Å². The Balaban J connectivity index is 0.00000420. The van der Waals surface area contributed by atoms with Crippen LogP contribution >= 0.6 is 12.4 Å². The molecule has 2 aromatic rings. The van der Waals surface area contributed by atoms with E-state index in [1.807, 2.05) is 54.6 Å². The number of aliphatic imine (C=N–C) groups is 2. The maximum Gasteiger partial charge on any atom is 0.223 e. The monoisotopic (exact) mass is 417 g/mol. The summed E-state index contributed by atoms with van der Waals surface area (Å²) in [6.45, 7) is 2.97. The first-order chi connectivity index (χ1) is 13.7. The third kappa shape index (κ3) is 10.4. The molecular formula is C22H32ClN5O. The van der Waals surface area contributed by atoms with Gasteiger partial charge in [-0.25, -0.2) is 4.99 Å². The zero-order valence-corrected chi connectivity index (χ0v) is 17.8. The van der Waals surface area contributed by atoms with E-state index in [0.717, 1.165) is 24.5 Å². The van der Waals surface area contributed by atoms with Crippen LogP contribution in [0.15, 0.2) is 64.6 Å². The minimum Gasteiger partial charge on any atom is -0.494 e. The van der Waals surface area contributed by atoms with Gasteiger partial charge in [0.25, 0.3) is 0 Å². The van der Waals surface area contributed by atoms with Crippen LogP contribution in [-0.4, -0.2) is 18.5 Å². The number of unbranched alkanes of at least 4 members (excludes halogenated alkanes) is 5. The molecule has 7 heteroatoms. The molecule has 0 amide bonds. The predicted molar refractivity (Wildman–Crippen MR) is 126 cm³/mol. The highest BCUT2D eigenvalue weighted by Crippen LogP contribution is 2.18. The first kappa shape index (κ1) is 24.3. The van der Waals surface area contributed by atoms with Crippen molar-refractivity contribution < 1.29 is 4.74 Å². The molecule has 0 aromatic heterocycles. The number of ether oxygens (including phenoxy) is 1. The van der Waals surface area contributed by atoms with Crippen molar-refractivity contribution in [3.8, 4) is 5.75 Å². The van der Waals surface area contributed by atoms with Crippen LogP contribution in [0, 0.1) is 0 Å². The number of anilines is 1. The Hall–Kier alpha value is -2.73. The third-order valence-corrected chi connectivity index (χ3v) is 4.13. The number of guanidine groups is 2. The van der Waals surface area contributed by atoms with E-state index in [-0.39, 0.29) is 24.3 Å². The lowest BCUT2D eigenvalue weighted by atomic mass is 10.1. The molecule has 0 fully saturated rings. The average molecular weight is 418 g/mol. The van der Waals surface area contributed by atoms with Crippen molar-refractivity contribution in [1.82, 2.24) is 0 Å². The van der Waals surface area contributed by atoms with Gasteiger partial charge in [-0.1, -0.05) is 57.2 Å². The van der Waals surface area contributed by atoms with E-state index in [0.29, 0.717) is 5.69 Å². The summed E-state index contributed by atoms with van der Waals surface area (Å²) >= 11 is 0. The fourth-order valence-electron chi connectivity index (χ4n) is 2.67. The van der Waals surface area contributed by atoms with Crippen LogP contribution in [0.25, 0.3) is 0 Å². The van der Waals surface area contributed by atoms with Gasteiger partial charge in [0, 0.05) is 5.69 Å². The first-order valence-electron chi connectivity index (χ1n) is 9.90. The van der Waals surface area contributed by atoms with Gasteiger partial charge in [-0.2, -0.15) is 4.99 Å². The Morgan fingerprint density at radius 1 is 0.897 bits per heavy atom. The molecule has 6 nitrogen and oxygen atoms in total. The highest BCUT2D eigenvalue weighted by atomic mass is 35.5. The number of halogens is 1. The van der Waals surface area contributed by atoms with Crippen LogP contribution < -0.4 is 21.5 Å². The lowest BCUT2D eigenvalue weighted by molar-refractivity contribution is 0.304. The maximum atomic E-state index is 5.86. The molecular weight excluding hydrogens is 386 g/mol. The second-order valence-electron chi connectivity index (χ2n) is 6.57. The molecule has 0 aliphatic rings. The molecule has 0 radical (unpaired) electrons. The molecule has 0 spiro atoms. The average Bonchev–Trinajstić information content (AvgIpc) is 2.69. The molecule has 0 bridgehead atoms. The van der Waals surface area contributed by atoms with E-state index < -0.39 is 0 Å². The Kier molecular flexibility index (Phi) is 12.0. The number of para-hydroxylation sites is 1. The number of hydrogen-bond donors (Lipinski definition) is 3. The Morgan fingerprint density at radius 3 is 2.24 bits per heavy atom. The van der Waals surface area contributed by atoms with Gasteiger partial charge in [-0.15, -0.1) is 12.4 Å². The summed E-state index contributed by atoms with van der Waals surface area (Å²) < 4.78 is 5.77. The fourth-order valence-corrected chi connectivity index (χ4v) is 2.67. The van der Waals surface area contributed by atoms with Gasteiger partial charge in [0.05, 0.1) is 12.3 Å². The SMILES string of the molecule is CCCCCCCCOc1ccc(N=C(N)/N=C(\N)Nc2ccccc2)cc1.Cl. The van der Waals surface area contributed by atoms with Gasteiger partial charge >= 0.3 is 0 Å². The van der Waals surface area contributed by atoms with E-state index in [1.54, 1.807) is 0 Å². The molecule has 158 valence electrons. The molecule has 0 saturated carbocycles. The number of nitrogens with two attached hydrogens (primary N) is 2. The van der Waals surface area contributed by atoms with Crippen LogP contribution in [0.1, 0.15) is 45.4 Å².